The quantitative estimate of drug-likeness (QED) is 0.123. The van der Waals surface area contributed by atoms with Crippen LogP contribution in [0.1, 0.15) is 50.4 Å². The Bertz CT molecular complexity index is 2510. The van der Waals surface area contributed by atoms with E-state index >= 15 is 0 Å². The summed E-state index contributed by atoms with van der Waals surface area (Å²) >= 11 is 0. The Hall–Kier alpha value is -6.90. The van der Waals surface area contributed by atoms with Crippen molar-refractivity contribution >= 4 is 28.3 Å². The molecule has 0 spiro atoms. The highest BCUT2D eigenvalue weighted by Crippen LogP contribution is 2.38. The topological polar surface area (TPSA) is 6.48 Å². The fraction of sp³-hybridized carbons (Fsp3) is 0.107. The molecule has 2 nitrogen and oxygen atoms in total. The van der Waals surface area contributed by atoms with Crippen LogP contribution in [0.5, 0.6) is 0 Å². The zero-order chi connectivity index (χ0) is 39.8. The van der Waals surface area contributed by atoms with Crippen molar-refractivity contribution in [3.05, 3.63) is 257 Å². The minimum Gasteiger partial charge on any atom is -0.340 e. The van der Waals surface area contributed by atoms with Gasteiger partial charge in [0.25, 0.3) is 0 Å². The molecule has 2 heteroatoms. The summed E-state index contributed by atoms with van der Waals surface area (Å²) in [5.41, 5.74) is 18.2. The lowest BCUT2D eigenvalue weighted by Crippen LogP contribution is -2.25. The zero-order valence-electron chi connectivity index (χ0n) is 33.9. The van der Waals surface area contributed by atoms with E-state index in [4.69, 9.17) is 0 Å². The molecule has 0 unspecified atom stereocenters. The molecule has 0 atom stereocenters. The molecule has 0 amide bonds. The number of hydrogen-bond acceptors (Lipinski definition) is 2. The maximum absolute atomic E-state index is 2.50. The second kappa shape index (κ2) is 17.5. The summed E-state index contributed by atoms with van der Waals surface area (Å²) in [5.74, 6) is 0.189. The standard InChI is InChI=1S/C56H50N2/c1-41-25-35-55(43(3)37-41)57(39-53(47-17-9-5-10-18-47)48-19-11-6-12-20-48)51-31-27-45(28-32-51)46-29-33-52(34-30-46)58(56-36-26-42(2)38-44(56)4)40-54(49-21-13-7-14-22-49)50-23-15-8-16-24-50/h5-39,54H,40H2,1-4H3. The van der Waals surface area contributed by atoms with Gasteiger partial charge in [0, 0.05) is 47.0 Å². The lowest BCUT2D eigenvalue weighted by atomic mass is 9.90. The molecule has 0 N–H and O–H groups in total. The van der Waals surface area contributed by atoms with Crippen LogP contribution in [-0.2, 0) is 0 Å². The molecule has 0 fully saturated rings. The minimum atomic E-state index is 0.189. The SMILES string of the molecule is Cc1ccc(N(C=C(c2ccccc2)c2ccccc2)c2ccc(-c3ccc(N(CC(c4ccccc4)c4ccccc4)c4ccc(C)cc4C)cc3)cc2)c(C)c1. The fourth-order valence-electron chi connectivity index (χ4n) is 8.10. The molecule has 8 rings (SSSR count). The maximum Gasteiger partial charge on any atom is 0.0485 e. The van der Waals surface area contributed by atoms with Crippen LogP contribution in [0.4, 0.5) is 22.7 Å². The van der Waals surface area contributed by atoms with E-state index < -0.39 is 0 Å². The maximum atomic E-state index is 2.50. The Morgan fingerprint density at radius 3 is 1.29 bits per heavy atom. The van der Waals surface area contributed by atoms with E-state index in [0.717, 1.165) is 23.5 Å². The summed E-state index contributed by atoms with van der Waals surface area (Å²) < 4.78 is 0. The van der Waals surface area contributed by atoms with Crippen LogP contribution in [-0.4, -0.2) is 6.54 Å². The van der Waals surface area contributed by atoms with Crippen molar-refractivity contribution in [2.75, 3.05) is 16.3 Å². The second-order valence-electron chi connectivity index (χ2n) is 15.3. The Kier molecular flexibility index (Phi) is 11.5. The third-order valence-electron chi connectivity index (χ3n) is 11.1. The van der Waals surface area contributed by atoms with Crippen molar-refractivity contribution in [1.29, 1.82) is 0 Å². The van der Waals surface area contributed by atoms with Crippen molar-refractivity contribution < 1.29 is 0 Å². The smallest absolute Gasteiger partial charge is 0.0485 e. The molecule has 0 heterocycles. The van der Waals surface area contributed by atoms with Gasteiger partial charge in [-0.25, -0.2) is 0 Å². The van der Waals surface area contributed by atoms with Crippen LogP contribution in [0.3, 0.4) is 0 Å². The molecule has 58 heavy (non-hydrogen) atoms. The lowest BCUT2D eigenvalue weighted by molar-refractivity contribution is 0.791. The fourth-order valence-corrected chi connectivity index (χ4v) is 8.10. The lowest BCUT2D eigenvalue weighted by Gasteiger charge is -2.32. The highest BCUT2D eigenvalue weighted by atomic mass is 15.1. The Morgan fingerprint density at radius 2 is 0.845 bits per heavy atom. The van der Waals surface area contributed by atoms with E-state index in [1.807, 2.05) is 0 Å². The number of nitrogens with zero attached hydrogens (tertiary/aromatic N) is 2. The van der Waals surface area contributed by atoms with E-state index in [1.165, 1.54) is 67.0 Å². The van der Waals surface area contributed by atoms with Crippen molar-refractivity contribution in [2.45, 2.75) is 33.6 Å². The van der Waals surface area contributed by atoms with E-state index in [0.29, 0.717) is 0 Å². The summed E-state index contributed by atoms with van der Waals surface area (Å²) in [4.78, 5) is 4.84. The Morgan fingerprint density at radius 1 is 0.431 bits per heavy atom. The first-order valence-corrected chi connectivity index (χ1v) is 20.3. The minimum absolute atomic E-state index is 0.189. The van der Waals surface area contributed by atoms with Crippen molar-refractivity contribution in [1.82, 2.24) is 0 Å². The molecule has 0 aliphatic heterocycles. The van der Waals surface area contributed by atoms with E-state index in [-0.39, 0.29) is 5.92 Å². The van der Waals surface area contributed by atoms with Gasteiger partial charge in [-0.2, -0.15) is 0 Å². The largest absolute Gasteiger partial charge is 0.340 e. The van der Waals surface area contributed by atoms with Gasteiger partial charge < -0.3 is 9.80 Å². The normalized spacial score (nSPS) is 11.0. The summed E-state index contributed by atoms with van der Waals surface area (Å²) in [5, 5.41) is 0. The summed E-state index contributed by atoms with van der Waals surface area (Å²) in [6.45, 7) is 9.56. The molecule has 0 aromatic heterocycles. The van der Waals surface area contributed by atoms with Gasteiger partial charge in [0.05, 0.1) is 0 Å². The molecular formula is C56H50N2. The molecule has 8 aromatic carbocycles. The number of aryl methyl sites for hydroxylation is 4. The summed E-state index contributed by atoms with van der Waals surface area (Å²) in [7, 11) is 0. The van der Waals surface area contributed by atoms with Crippen molar-refractivity contribution in [3.63, 3.8) is 0 Å². The van der Waals surface area contributed by atoms with Gasteiger partial charge in [0.1, 0.15) is 0 Å². The molecule has 0 aliphatic carbocycles. The average Bonchev–Trinajstić information content (AvgIpc) is 3.27. The van der Waals surface area contributed by atoms with Crippen LogP contribution >= 0.6 is 0 Å². The van der Waals surface area contributed by atoms with Gasteiger partial charge in [-0.15, -0.1) is 0 Å². The zero-order valence-corrected chi connectivity index (χ0v) is 33.9. The third-order valence-corrected chi connectivity index (χ3v) is 11.1. The first kappa shape index (κ1) is 38.0. The van der Waals surface area contributed by atoms with Crippen LogP contribution in [0, 0.1) is 27.7 Å². The summed E-state index contributed by atoms with van der Waals surface area (Å²) in [6.07, 6.45) is 2.30. The molecule has 284 valence electrons. The second-order valence-corrected chi connectivity index (χ2v) is 15.3. The van der Waals surface area contributed by atoms with Crippen molar-refractivity contribution in [3.8, 4) is 11.1 Å². The first-order valence-electron chi connectivity index (χ1n) is 20.3. The number of rotatable bonds is 12. The number of anilines is 4. The predicted octanol–water partition coefficient (Wildman–Crippen LogP) is 14.8. The molecule has 8 aromatic rings. The van der Waals surface area contributed by atoms with Crippen molar-refractivity contribution in [2.24, 2.45) is 0 Å². The Labute approximate surface area is 345 Å². The van der Waals surface area contributed by atoms with E-state index in [9.17, 15) is 0 Å². The number of benzene rings is 8. The molecule has 0 radical (unpaired) electrons. The van der Waals surface area contributed by atoms with Gasteiger partial charge in [-0.05, 0) is 109 Å². The molecule has 0 saturated carbocycles. The van der Waals surface area contributed by atoms with Crippen LogP contribution in [0.25, 0.3) is 16.7 Å². The molecular weight excluding hydrogens is 701 g/mol. The van der Waals surface area contributed by atoms with Gasteiger partial charge in [-0.1, -0.05) is 181 Å². The van der Waals surface area contributed by atoms with Crippen LogP contribution < -0.4 is 9.80 Å². The van der Waals surface area contributed by atoms with Crippen LogP contribution in [0.2, 0.25) is 0 Å². The highest BCUT2D eigenvalue weighted by molar-refractivity contribution is 5.85. The molecule has 0 saturated heterocycles. The monoisotopic (exact) mass is 750 g/mol. The highest BCUT2D eigenvalue weighted by Gasteiger charge is 2.22. The van der Waals surface area contributed by atoms with Gasteiger partial charge in [0.2, 0.25) is 0 Å². The number of hydrogen-bond donors (Lipinski definition) is 0. The van der Waals surface area contributed by atoms with E-state index in [2.05, 4.69) is 250 Å². The summed E-state index contributed by atoms with van der Waals surface area (Å²) in [6, 6.07) is 74.8. The first-order chi connectivity index (χ1) is 28.4. The van der Waals surface area contributed by atoms with Gasteiger partial charge >= 0.3 is 0 Å². The molecule has 0 aliphatic rings. The van der Waals surface area contributed by atoms with Gasteiger partial charge in [-0.3, -0.25) is 0 Å². The average molecular weight is 751 g/mol. The van der Waals surface area contributed by atoms with Gasteiger partial charge in [0.15, 0.2) is 0 Å². The predicted molar refractivity (Wildman–Crippen MR) is 248 cm³/mol. The molecule has 0 bridgehead atoms. The Balaban J connectivity index is 1.15. The third kappa shape index (κ3) is 8.57. The van der Waals surface area contributed by atoms with Crippen LogP contribution in [0.15, 0.2) is 212 Å². The van der Waals surface area contributed by atoms with E-state index in [1.54, 1.807) is 0 Å².